The summed E-state index contributed by atoms with van der Waals surface area (Å²) in [6.45, 7) is 4.28. The van der Waals surface area contributed by atoms with Gasteiger partial charge in [0.15, 0.2) is 0 Å². The molecular weight excluding hydrogens is 416 g/mol. The number of phenols is 1. The summed E-state index contributed by atoms with van der Waals surface area (Å²) in [6, 6.07) is 11.1. The van der Waals surface area contributed by atoms with Gasteiger partial charge in [-0.3, -0.25) is 10.0 Å². The van der Waals surface area contributed by atoms with E-state index in [1.807, 2.05) is 4.31 Å². The Bertz CT molecular complexity index is 906. The number of hydrogen-bond acceptors (Lipinski definition) is 8. The predicted octanol–water partition coefficient (Wildman–Crippen LogP) is 3.29. The summed E-state index contributed by atoms with van der Waals surface area (Å²) < 4.78 is 8.27. The Morgan fingerprint density at radius 3 is 2.79 bits per heavy atom. The Labute approximate surface area is 177 Å². The van der Waals surface area contributed by atoms with Crippen LogP contribution in [0.2, 0.25) is 5.02 Å². The SMILES string of the molecule is C/C(=N\NC(=O)c1cccc(N(O)SN2CCOCC2)c1)c1cc(Cl)ccc1O. The normalized spacial score (nSPS) is 15.2. The Morgan fingerprint density at radius 2 is 2.03 bits per heavy atom. The van der Waals surface area contributed by atoms with Crippen molar-refractivity contribution in [2.75, 3.05) is 30.8 Å². The molecule has 1 saturated heterocycles. The molecule has 0 radical (unpaired) electrons. The summed E-state index contributed by atoms with van der Waals surface area (Å²) in [7, 11) is 0. The minimum Gasteiger partial charge on any atom is -0.507 e. The lowest BCUT2D eigenvalue weighted by molar-refractivity contribution is 0.0765. The number of amides is 1. The fraction of sp³-hybridized carbons (Fsp3) is 0.263. The molecule has 154 valence electrons. The van der Waals surface area contributed by atoms with Gasteiger partial charge in [0.1, 0.15) is 5.75 Å². The fourth-order valence-electron chi connectivity index (χ4n) is 2.61. The van der Waals surface area contributed by atoms with Crippen molar-refractivity contribution in [1.82, 2.24) is 9.73 Å². The largest absolute Gasteiger partial charge is 0.507 e. The van der Waals surface area contributed by atoms with Gasteiger partial charge in [0.2, 0.25) is 0 Å². The number of aromatic hydroxyl groups is 1. The molecule has 3 rings (SSSR count). The number of hydrogen-bond donors (Lipinski definition) is 3. The third-order valence-electron chi connectivity index (χ3n) is 4.17. The Morgan fingerprint density at radius 1 is 1.28 bits per heavy atom. The van der Waals surface area contributed by atoms with Crippen LogP contribution in [-0.4, -0.2) is 52.5 Å². The highest BCUT2D eigenvalue weighted by atomic mass is 35.5. The maximum atomic E-state index is 12.5. The number of anilines is 1. The van der Waals surface area contributed by atoms with Crippen LogP contribution < -0.4 is 9.89 Å². The van der Waals surface area contributed by atoms with E-state index in [9.17, 15) is 15.1 Å². The van der Waals surface area contributed by atoms with E-state index >= 15 is 0 Å². The number of carbonyl (C=O) groups is 1. The molecule has 0 bridgehead atoms. The molecule has 1 amide bonds. The van der Waals surface area contributed by atoms with Crippen LogP contribution in [0, 0.1) is 0 Å². The van der Waals surface area contributed by atoms with Crippen LogP contribution in [0.4, 0.5) is 5.69 Å². The molecule has 0 atom stereocenters. The van der Waals surface area contributed by atoms with E-state index in [4.69, 9.17) is 16.3 Å². The molecule has 10 heteroatoms. The zero-order valence-electron chi connectivity index (χ0n) is 15.7. The second kappa shape index (κ2) is 9.95. The van der Waals surface area contributed by atoms with Crippen LogP contribution in [0.5, 0.6) is 5.75 Å². The molecule has 2 aromatic rings. The third kappa shape index (κ3) is 5.84. The molecule has 0 spiro atoms. The maximum Gasteiger partial charge on any atom is 0.271 e. The van der Waals surface area contributed by atoms with Crippen LogP contribution in [0.1, 0.15) is 22.8 Å². The van der Waals surface area contributed by atoms with E-state index in [-0.39, 0.29) is 5.75 Å². The lowest BCUT2D eigenvalue weighted by Gasteiger charge is -2.28. The van der Waals surface area contributed by atoms with Gasteiger partial charge in [0.25, 0.3) is 5.91 Å². The average Bonchev–Trinajstić information content (AvgIpc) is 2.74. The van der Waals surface area contributed by atoms with E-state index in [1.54, 1.807) is 43.3 Å². The summed E-state index contributed by atoms with van der Waals surface area (Å²) in [5, 5.41) is 24.7. The first-order chi connectivity index (χ1) is 13.9. The average molecular weight is 437 g/mol. The van der Waals surface area contributed by atoms with Crippen LogP contribution in [0.15, 0.2) is 47.6 Å². The highest BCUT2D eigenvalue weighted by Crippen LogP contribution is 2.25. The molecule has 0 unspecified atom stereocenters. The smallest absolute Gasteiger partial charge is 0.271 e. The number of carbonyl (C=O) groups excluding carboxylic acids is 1. The van der Waals surface area contributed by atoms with Crippen molar-refractivity contribution in [3.05, 3.63) is 58.6 Å². The molecule has 1 aliphatic heterocycles. The van der Waals surface area contributed by atoms with Crippen molar-refractivity contribution >= 4 is 41.0 Å². The van der Waals surface area contributed by atoms with Crippen LogP contribution in [0.25, 0.3) is 0 Å². The van der Waals surface area contributed by atoms with Crippen molar-refractivity contribution in [3.63, 3.8) is 0 Å². The molecule has 1 heterocycles. The van der Waals surface area contributed by atoms with Gasteiger partial charge in [-0.2, -0.15) is 9.57 Å². The van der Waals surface area contributed by atoms with Gasteiger partial charge >= 0.3 is 0 Å². The number of hydrazone groups is 1. The van der Waals surface area contributed by atoms with Gasteiger partial charge < -0.3 is 9.84 Å². The fourth-order valence-corrected chi connectivity index (χ4v) is 3.52. The topological polar surface area (TPSA) is 97.6 Å². The van der Waals surface area contributed by atoms with Crippen molar-refractivity contribution in [1.29, 1.82) is 0 Å². The van der Waals surface area contributed by atoms with E-state index in [0.717, 1.165) is 16.6 Å². The van der Waals surface area contributed by atoms with Gasteiger partial charge in [0, 0.05) is 29.2 Å². The lowest BCUT2D eigenvalue weighted by atomic mass is 10.1. The van der Waals surface area contributed by atoms with Crippen LogP contribution in [0.3, 0.4) is 0 Å². The predicted molar refractivity (Wildman–Crippen MR) is 113 cm³/mol. The number of phenolic OH excluding ortho intramolecular Hbond substituents is 1. The van der Waals surface area contributed by atoms with E-state index in [2.05, 4.69) is 10.5 Å². The van der Waals surface area contributed by atoms with Gasteiger partial charge in [-0.05, 0) is 43.3 Å². The Balaban J connectivity index is 1.66. The summed E-state index contributed by atoms with van der Waals surface area (Å²) in [5.41, 5.74) is 4.07. The number of benzene rings is 2. The van der Waals surface area contributed by atoms with Gasteiger partial charge in [0.05, 0.1) is 36.7 Å². The third-order valence-corrected chi connectivity index (χ3v) is 5.36. The monoisotopic (exact) mass is 436 g/mol. The lowest BCUT2D eigenvalue weighted by Crippen LogP contribution is -2.34. The van der Waals surface area contributed by atoms with Crippen molar-refractivity contribution in [2.24, 2.45) is 5.10 Å². The number of ether oxygens (including phenoxy) is 1. The zero-order valence-corrected chi connectivity index (χ0v) is 17.3. The van der Waals surface area contributed by atoms with E-state index in [1.165, 1.54) is 6.07 Å². The second-order valence-corrected chi connectivity index (χ2v) is 7.71. The zero-order chi connectivity index (χ0) is 20.8. The standard InChI is InChI=1S/C19H21ClN4O4S/c1-13(17-12-15(20)5-6-18(17)25)21-22-19(26)14-3-2-4-16(11-14)24(27)29-23-7-9-28-10-8-23/h2-6,11-12,25,27H,7-10H2,1H3,(H,22,26)/b21-13+. The minimum absolute atomic E-state index is 0.0166. The van der Waals surface area contributed by atoms with Gasteiger partial charge in [-0.15, -0.1) is 0 Å². The highest BCUT2D eigenvalue weighted by molar-refractivity contribution is 7.98. The molecule has 1 aliphatic rings. The first-order valence-corrected chi connectivity index (χ1v) is 9.98. The highest BCUT2D eigenvalue weighted by Gasteiger charge is 2.16. The number of morpholine rings is 1. The van der Waals surface area contributed by atoms with Gasteiger partial charge in [-0.1, -0.05) is 17.7 Å². The van der Waals surface area contributed by atoms with Crippen molar-refractivity contribution < 1.29 is 19.8 Å². The number of nitrogens with zero attached hydrogens (tertiary/aromatic N) is 3. The second-order valence-electron chi connectivity index (χ2n) is 6.25. The summed E-state index contributed by atoms with van der Waals surface area (Å²) in [6.07, 6.45) is 0. The number of nitrogens with one attached hydrogen (secondary N) is 1. The molecule has 29 heavy (non-hydrogen) atoms. The quantitative estimate of drug-likeness (QED) is 0.363. The molecule has 0 saturated carbocycles. The summed E-state index contributed by atoms with van der Waals surface area (Å²) in [4.78, 5) is 12.5. The molecule has 2 aromatic carbocycles. The summed E-state index contributed by atoms with van der Waals surface area (Å²) in [5.74, 6) is -0.430. The van der Waals surface area contributed by atoms with Crippen LogP contribution >= 0.6 is 23.7 Å². The number of rotatable bonds is 6. The van der Waals surface area contributed by atoms with Crippen LogP contribution in [-0.2, 0) is 4.74 Å². The Kier molecular flexibility index (Phi) is 7.34. The minimum atomic E-state index is -0.447. The number of halogens is 1. The Hall–Kier alpha value is -2.30. The van der Waals surface area contributed by atoms with Gasteiger partial charge in [-0.25, -0.2) is 9.73 Å². The molecule has 3 N–H and O–H groups in total. The molecule has 0 aromatic heterocycles. The van der Waals surface area contributed by atoms with Crippen molar-refractivity contribution in [2.45, 2.75) is 6.92 Å². The summed E-state index contributed by atoms with van der Waals surface area (Å²) >= 11 is 7.10. The maximum absolute atomic E-state index is 12.5. The van der Waals surface area contributed by atoms with E-state index < -0.39 is 5.91 Å². The molecular formula is C19H21ClN4O4S. The first-order valence-electron chi connectivity index (χ1n) is 8.87. The van der Waals surface area contributed by atoms with E-state index in [0.29, 0.717) is 53.9 Å². The molecule has 1 fully saturated rings. The molecule has 0 aliphatic carbocycles. The first kappa shape index (κ1) is 21.4. The van der Waals surface area contributed by atoms with Crippen molar-refractivity contribution in [3.8, 4) is 5.75 Å². The molecule has 8 nitrogen and oxygen atoms in total.